The summed E-state index contributed by atoms with van der Waals surface area (Å²) in [5, 5.41) is 34.2. The summed E-state index contributed by atoms with van der Waals surface area (Å²) in [7, 11) is 1.81. The number of aromatic amines is 2. The Bertz CT molecular complexity index is 4830. The van der Waals surface area contributed by atoms with Gasteiger partial charge in [-0.3, -0.25) is 14.4 Å². The number of amides is 1. The summed E-state index contributed by atoms with van der Waals surface area (Å²) in [6.45, 7) is 0. The van der Waals surface area contributed by atoms with Gasteiger partial charge in [-0.1, -0.05) is 237 Å². The number of anilines is 3. The van der Waals surface area contributed by atoms with Crippen molar-refractivity contribution in [1.29, 1.82) is 0 Å². The summed E-state index contributed by atoms with van der Waals surface area (Å²) in [6, 6.07) is 84.8. The molecule has 0 aliphatic carbocycles. The van der Waals surface area contributed by atoms with E-state index >= 15 is 0 Å². The fourth-order valence-corrected chi connectivity index (χ4v) is 11.8. The molecular weight excluding hydrogens is 1160 g/mol. The van der Waals surface area contributed by atoms with E-state index in [2.05, 4.69) is 67.1 Å². The second-order valence-corrected chi connectivity index (χ2v) is 21.8. The molecule has 460 valence electrons. The molecule has 14 rings (SSSR count). The predicted octanol–water partition coefficient (Wildman–Crippen LogP) is 13.2. The van der Waals surface area contributed by atoms with E-state index in [-0.39, 0.29) is 25.3 Å². The molecule has 0 radical (unpaired) electrons. The predicted molar refractivity (Wildman–Crippen MR) is 367 cm³/mol. The fraction of sp³-hybridized carbons (Fsp3) is 0.0933. The summed E-state index contributed by atoms with van der Waals surface area (Å²) in [5.74, 6) is -0.476. The van der Waals surface area contributed by atoms with Gasteiger partial charge in [0.05, 0.1) is 22.9 Å². The Labute approximate surface area is 535 Å². The third kappa shape index (κ3) is 13.2. The second-order valence-electron chi connectivity index (χ2n) is 21.8. The van der Waals surface area contributed by atoms with Crippen LogP contribution in [0.15, 0.2) is 266 Å². The molecule has 5 aromatic heterocycles. The second kappa shape index (κ2) is 27.9. The fourth-order valence-electron chi connectivity index (χ4n) is 11.8. The summed E-state index contributed by atoms with van der Waals surface area (Å²) in [5.41, 5.74) is 30.1. The highest BCUT2D eigenvalue weighted by Crippen LogP contribution is 2.43. The van der Waals surface area contributed by atoms with Gasteiger partial charge in [0.1, 0.15) is 34.0 Å². The molecule has 0 spiro atoms. The van der Waals surface area contributed by atoms with Crippen LogP contribution < -0.4 is 28.1 Å². The van der Waals surface area contributed by atoms with Crippen LogP contribution in [0.1, 0.15) is 80.8 Å². The number of primary amides is 1. The molecule has 0 bridgehead atoms. The van der Waals surface area contributed by atoms with Gasteiger partial charge in [0.25, 0.3) is 11.5 Å². The molecular formula is C75H66N14O4. The van der Waals surface area contributed by atoms with E-state index < -0.39 is 23.3 Å². The van der Waals surface area contributed by atoms with Crippen LogP contribution in [0.25, 0.3) is 55.5 Å². The molecule has 93 heavy (non-hydrogen) atoms. The number of hydrogen-bond acceptors (Lipinski definition) is 13. The lowest BCUT2D eigenvalue weighted by Crippen LogP contribution is -2.39. The average Bonchev–Trinajstić information content (AvgIpc) is 1.68. The molecule has 0 aliphatic rings. The molecule has 0 aliphatic heterocycles. The van der Waals surface area contributed by atoms with Crippen LogP contribution in [0.3, 0.4) is 0 Å². The maximum absolute atomic E-state index is 13.1. The Morgan fingerprint density at radius 3 is 1.61 bits per heavy atom. The SMILES string of the molecule is C.CNc1cc([C@H](CC(=O)O)c2ccccc2)c2nnn(C(c3ccccc3)(c3ccccc3)c3ccccc3)c2n1.NC(=O)c1cc(-c2ccccc2)ccc1N.Nc1cc([C@H](Cc2nc3ccc(-c4ccccc4)cc3c(=O)[nH]2)c2ccccc2)c2n[nH]nc2n1. The molecule has 0 saturated heterocycles. The molecule has 0 saturated carbocycles. The van der Waals surface area contributed by atoms with Crippen LogP contribution in [0.4, 0.5) is 17.3 Å². The van der Waals surface area contributed by atoms with E-state index in [4.69, 9.17) is 37.5 Å². The summed E-state index contributed by atoms with van der Waals surface area (Å²) >= 11 is 0. The maximum atomic E-state index is 13.1. The number of nitrogens with one attached hydrogen (secondary N) is 3. The highest BCUT2D eigenvalue weighted by atomic mass is 16.4. The number of rotatable bonds is 16. The third-order valence-corrected chi connectivity index (χ3v) is 16.1. The Morgan fingerprint density at radius 1 is 0.570 bits per heavy atom. The molecule has 9 aromatic carbocycles. The van der Waals surface area contributed by atoms with E-state index in [9.17, 15) is 19.5 Å². The minimum atomic E-state index is -0.912. The van der Waals surface area contributed by atoms with E-state index in [1.54, 1.807) is 19.2 Å². The van der Waals surface area contributed by atoms with Crippen molar-refractivity contribution in [1.82, 2.24) is 50.3 Å². The number of carboxylic acids is 1. The molecule has 14 aromatic rings. The van der Waals surface area contributed by atoms with Gasteiger partial charge >= 0.3 is 5.97 Å². The summed E-state index contributed by atoms with van der Waals surface area (Å²) < 4.78 is 1.88. The molecule has 2 atom stereocenters. The Morgan fingerprint density at radius 2 is 1.08 bits per heavy atom. The number of nitrogens with zero attached hydrogens (tertiary/aromatic N) is 8. The smallest absolute Gasteiger partial charge is 0.304 e. The normalized spacial score (nSPS) is 11.7. The number of aliphatic carboxylic acids is 1. The largest absolute Gasteiger partial charge is 0.481 e. The molecule has 18 heteroatoms. The Balaban J connectivity index is 0.000000154. The zero-order valence-corrected chi connectivity index (χ0v) is 49.9. The first-order chi connectivity index (χ1) is 45.0. The first kappa shape index (κ1) is 62.2. The van der Waals surface area contributed by atoms with Crippen molar-refractivity contribution in [3.05, 3.63) is 322 Å². The minimum absolute atomic E-state index is 0. The van der Waals surface area contributed by atoms with Crippen molar-refractivity contribution in [3.8, 4) is 22.3 Å². The number of fused-ring (bicyclic) bond motifs is 3. The van der Waals surface area contributed by atoms with Crippen molar-refractivity contribution in [2.24, 2.45) is 5.73 Å². The van der Waals surface area contributed by atoms with Crippen LogP contribution in [-0.4, -0.2) is 74.4 Å². The third-order valence-electron chi connectivity index (χ3n) is 16.1. The number of carboxylic acid groups (broad SMARTS) is 1. The van der Waals surface area contributed by atoms with Crippen LogP contribution in [0, 0.1) is 0 Å². The van der Waals surface area contributed by atoms with Crippen LogP contribution >= 0.6 is 0 Å². The summed E-state index contributed by atoms with van der Waals surface area (Å²) in [6.07, 6.45) is 0.349. The maximum Gasteiger partial charge on any atom is 0.304 e. The van der Waals surface area contributed by atoms with Gasteiger partial charge in [-0.25, -0.2) is 19.6 Å². The number of hydrogen-bond donors (Lipinski definition) is 7. The highest BCUT2D eigenvalue weighted by Gasteiger charge is 2.42. The molecule has 0 fully saturated rings. The van der Waals surface area contributed by atoms with E-state index in [1.807, 2.05) is 217 Å². The van der Waals surface area contributed by atoms with Crippen molar-refractivity contribution in [3.63, 3.8) is 0 Å². The van der Waals surface area contributed by atoms with Gasteiger partial charge in [-0.2, -0.15) is 10.3 Å². The number of benzene rings is 9. The Hall–Kier alpha value is -12.4. The number of H-pyrrole nitrogens is 2. The van der Waals surface area contributed by atoms with Crippen molar-refractivity contribution >= 4 is 62.4 Å². The molecule has 18 nitrogen and oxygen atoms in total. The highest BCUT2D eigenvalue weighted by molar-refractivity contribution is 5.99. The zero-order valence-electron chi connectivity index (χ0n) is 49.9. The van der Waals surface area contributed by atoms with Gasteiger partial charge in [0.2, 0.25) is 5.65 Å². The number of nitrogens with two attached hydrogens (primary N) is 3. The lowest BCUT2D eigenvalue weighted by atomic mass is 9.77. The monoisotopic (exact) mass is 1230 g/mol. The van der Waals surface area contributed by atoms with Crippen molar-refractivity contribution in [2.45, 2.75) is 37.6 Å². The number of carbonyl (C=O) groups excluding carboxylic acids is 1. The van der Waals surface area contributed by atoms with Crippen LogP contribution in [-0.2, 0) is 16.8 Å². The molecule has 1 amide bonds. The van der Waals surface area contributed by atoms with Gasteiger partial charge in [0, 0.05) is 31.0 Å². The minimum Gasteiger partial charge on any atom is -0.481 e. The lowest BCUT2D eigenvalue weighted by molar-refractivity contribution is -0.137. The van der Waals surface area contributed by atoms with Crippen LogP contribution in [0.5, 0.6) is 0 Å². The average molecular weight is 1230 g/mol. The number of aromatic nitrogens is 10. The number of nitrogen functional groups attached to an aromatic ring is 2. The van der Waals surface area contributed by atoms with Gasteiger partial charge in [-0.05, 0) is 97.6 Å². The van der Waals surface area contributed by atoms with Crippen molar-refractivity contribution in [2.75, 3.05) is 23.8 Å². The first-order valence-electron chi connectivity index (χ1n) is 29.7. The standard InChI is InChI=1S/C34H29N5O2.C27H21N7O.C13H12N2O.CH4/c1-35-30-22-29(28(23-31(40)41)24-14-6-2-7-15-24)32-33(36-30)39(38-37-32)34(25-16-8-3-9-17-25,26-18-10-4-11-19-26)27-20-12-5-13-21-27;28-23-14-20(25-26(30-23)33-34-32-25)19(17-9-5-2-6-10-17)15-24-29-22-12-11-18(13-21(22)27(35)31-24)16-7-3-1-4-8-16;14-12-7-6-10(8-11(12)13(15)16)9-4-2-1-3-5-9;/h2-22,28H,23H2,1H3,(H,35,36)(H,40,41);1-14,19H,15H2,(H,29,31,35)(H3,28,30,32,33,34);1-8H,14H2,(H2,15,16);1H4/t28-;19-;;/m11../s1. The summed E-state index contributed by atoms with van der Waals surface area (Å²) in [4.78, 5) is 53.4. The van der Waals surface area contributed by atoms with Gasteiger partial charge in [-0.15, -0.1) is 10.2 Å². The van der Waals surface area contributed by atoms with E-state index in [1.165, 1.54) is 0 Å². The first-order valence-corrected chi connectivity index (χ1v) is 29.7. The number of pyridine rings is 2. The molecule has 0 unspecified atom stereocenters. The van der Waals surface area contributed by atoms with Crippen LogP contribution in [0.2, 0.25) is 0 Å². The number of carbonyl (C=O) groups is 2. The molecule has 10 N–H and O–H groups in total. The van der Waals surface area contributed by atoms with Crippen molar-refractivity contribution < 1.29 is 14.7 Å². The quantitative estimate of drug-likeness (QED) is 0.0350. The van der Waals surface area contributed by atoms with E-state index in [0.29, 0.717) is 68.4 Å². The van der Waals surface area contributed by atoms with Gasteiger partial charge < -0.3 is 32.6 Å². The lowest BCUT2D eigenvalue weighted by Gasteiger charge is -2.36. The Kier molecular flexibility index (Phi) is 18.7. The van der Waals surface area contributed by atoms with E-state index in [0.717, 1.165) is 61.2 Å². The topological polar surface area (TPSA) is 288 Å². The molecule has 5 heterocycles. The zero-order chi connectivity index (χ0) is 63.6. The van der Waals surface area contributed by atoms with Gasteiger partial charge in [0.15, 0.2) is 5.65 Å².